The Hall–Kier alpha value is -0.450. The van der Waals surface area contributed by atoms with Crippen molar-refractivity contribution in [2.24, 2.45) is 5.92 Å². The molecular weight excluding hydrogens is 295 g/mol. The zero-order chi connectivity index (χ0) is 13.9. The second-order valence-corrected chi connectivity index (χ2v) is 6.19. The van der Waals surface area contributed by atoms with Crippen LogP contribution >= 0.6 is 0 Å². The fraction of sp³-hybridized carbons (Fsp3) is 1.00. The summed E-state index contributed by atoms with van der Waals surface area (Å²) in [5.74, 6) is -4.95. The topological polar surface area (TPSA) is 68.3 Å². The SMILES string of the molecule is O=S(=O)(F)CC(CC(F)C(F)F)CS(=O)(=O)F. The van der Waals surface area contributed by atoms with E-state index < -0.39 is 56.9 Å². The first-order valence-corrected chi connectivity index (χ1v) is 7.28. The standard InChI is InChI=1S/C6H9F5O4S2/c7-5(6(8)9)1-4(2-16(10,12)13)3-17(11,14)15/h4-6H,1-3H2. The molecule has 0 fully saturated rings. The van der Waals surface area contributed by atoms with E-state index in [1.807, 2.05) is 0 Å². The Balaban J connectivity index is 4.75. The fourth-order valence-corrected chi connectivity index (χ4v) is 2.95. The van der Waals surface area contributed by atoms with Gasteiger partial charge in [-0.15, -0.1) is 7.77 Å². The van der Waals surface area contributed by atoms with Crippen LogP contribution in [0, 0.1) is 5.92 Å². The molecule has 1 atom stereocenters. The molecule has 0 aromatic heterocycles. The number of hydrogen-bond acceptors (Lipinski definition) is 4. The summed E-state index contributed by atoms with van der Waals surface area (Å²) in [6, 6.07) is 0. The molecule has 0 aliphatic carbocycles. The van der Waals surface area contributed by atoms with Gasteiger partial charge < -0.3 is 0 Å². The molecule has 0 aliphatic rings. The number of halogens is 5. The van der Waals surface area contributed by atoms with Gasteiger partial charge in [-0.1, -0.05) is 0 Å². The van der Waals surface area contributed by atoms with Crippen LogP contribution in [0.15, 0.2) is 0 Å². The fourth-order valence-electron chi connectivity index (χ4n) is 1.17. The first-order valence-electron chi connectivity index (χ1n) is 4.17. The minimum Gasteiger partial charge on any atom is -0.241 e. The van der Waals surface area contributed by atoms with Gasteiger partial charge in [-0.2, -0.15) is 16.8 Å². The van der Waals surface area contributed by atoms with Crippen molar-refractivity contribution in [2.75, 3.05) is 11.5 Å². The molecule has 0 spiro atoms. The molecule has 0 saturated heterocycles. The molecule has 4 nitrogen and oxygen atoms in total. The lowest BCUT2D eigenvalue weighted by molar-refractivity contribution is 0.0390. The summed E-state index contributed by atoms with van der Waals surface area (Å²) in [6.45, 7) is 0. The third kappa shape index (κ3) is 9.27. The van der Waals surface area contributed by atoms with Crippen LogP contribution in [0.4, 0.5) is 20.9 Å². The predicted octanol–water partition coefficient (Wildman–Crippen LogP) is 1.19. The zero-order valence-corrected chi connectivity index (χ0v) is 9.83. The molecule has 0 aromatic rings. The average Bonchev–Trinajstić information content (AvgIpc) is 1.96. The highest BCUT2D eigenvalue weighted by Gasteiger charge is 2.30. The maximum absolute atomic E-state index is 12.5. The molecule has 0 heterocycles. The van der Waals surface area contributed by atoms with Crippen molar-refractivity contribution in [2.45, 2.75) is 19.0 Å². The minimum absolute atomic E-state index is 1.26. The summed E-state index contributed by atoms with van der Waals surface area (Å²) in [5.41, 5.74) is 0. The van der Waals surface area contributed by atoms with Gasteiger partial charge in [-0.3, -0.25) is 0 Å². The van der Waals surface area contributed by atoms with E-state index in [2.05, 4.69) is 0 Å². The summed E-state index contributed by atoms with van der Waals surface area (Å²) < 4.78 is 101. The first kappa shape index (κ1) is 16.6. The molecule has 0 N–H and O–H groups in total. The van der Waals surface area contributed by atoms with Crippen LogP contribution in [0.1, 0.15) is 6.42 Å². The van der Waals surface area contributed by atoms with Gasteiger partial charge in [0.1, 0.15) is 0 Å². The van der Waals surface area contributed by atoms with Crippen LogP contribution in [0.3, 0.4) is 0 Å². The normalized spacial score (nSPS) is 15.5. The molecule has 0 amide bonds. The summed E-state index contributed by atoms with van der Waals surface area (Å²) in [4.78, 5) is 0. The van der Waals surface area contributed by atoms with Crippen molar-refractivity contribution >= 4 is 20.4 Å². The Morgan fingerprint density at radius 3 is 1.41 bits per heavy atom. The largest absolute Gasteiger partial charge is 0.302 e. The second kappa shape index (κ2) is 5.94. The quantitative estimate of drug-likeness (QED) is 0.523. The zero-order valence-electron chi connectivity index (χ0n) is 8.19. The molecule has 0 aromatic carbocycles. The van der Waals surface area contributed by atoms with Gasteiger partial charge in [0.25, 0.3) is 6.43 Å². The Bertz CT molecular complexity index is 397. The van der Waals surface area contributed by atoms with Gasteiger partial charge in [0.2, 0.25) is 0 Å². The lowest BCUT2D eigenvalue weighted by Crippen LogP contribution is -2.26. The Kier molecular flexibility index (Phi) is 5.78. The molecule has 104 valence electrons. The van der Waals surface area contributed by atoms with Crippen molar-refractivity contribution in [3.63, 3.8) is 0 Å². The van der Waals surface area contributed by atoms with Gasteiger partial charge in [-0.25, -0.2) is 13.2 Å². The maximum atomic E-state index is 12.5. The average molecular weight is 304 g/mol. The third-order valence-corrected chi connectivity index (χ3v) is 3.44. The Labute approximate surface area is 95.2 Å². The molecule has 0 radical (unpaired) electrons. The van der Waals surface area contributed by atoms with Crippen molar-refractivity contribution in [3.05, 3.63) is 0 Å². The van der Waals surface area contributed by atoms with E-state index in [-0.39, 0.29) is 0 Å². The summed E-state index contributed by atoms with van der Waals surface area (Å²) in [5, 5.41) is 0. The van der Waals surface area contributed by atoms with Gasteiger partial charge >= 0.3 is 20.4 Å². The van der Waals surface area contributed by atoms with Gasteiger partial charge in [0, 0.05) is 0 Å². The van der Waals surface area contributed by atoms with Gasteiger partial charge in [-0.05, 0) is 12.3 Å². The van der Waals surface area contributed by atoms with E-state index in [1.165, 1.54) is 0 Å². The highest BCUT2D eigenvalue weighted by atomic mass is 32.3. The number of rotatable bonds is 7. The van der Waals surface area contributed by atoms with E-state index in [1.54, 1.807) is 0 Å². The van der Waals surface area contributed by atoms with E-state index in [0.29, 0.717) is 0 Å². The predicted molar refractivity (Wildman–Crippen MR) is 48.8 cm³/mol. The maximum Gasteiger partial charge on any atom is 0.302 e. The Morgan fingerprint density at radius 1 is 0.824 bits per heavy atom. The second-order valence-electron chi connectivity index (χ2n) is 3.36. The summed E-state index contributed by atoms with van der Waals surface area (Å²) in [6.07, 6.45) is -7.59. The van der Waals surface area contributed by atoms with Crippen LogP contribution < -0.4 is 0 Å². The van der Waals surface area contributed by atoms with Crippen LogP contribution in [0.5, 0.6) is 0 Å². The molecule has 1 unspecified atom stereocenters. The first-order chi connectivity index (χ1) is 7.41. The molecule has 0 bridgehead atoms. The minimum atomic E-state index is -5.21. The lowest BCUT2D eigenvalue weighted by atomic mass is 10.1. The van der Waals surface area contributed by atoms with Crippen LogP contribution in [-0.4, -0.2) is 40.9 Å². The summed E-state index contributed by atoms with van der Waals surface area (Å²) in [7, 11) is -10.4. The molecule has 0 saturated carbocycles. The van der Waals surface area contributed by atoms with Crippen molar-refractivity contribution < 1.29 is 37.8 Å². The van der Waals surface area contributed by atoms with E-state index >= 15 is 0 Å². The Morgan fingerprint density at radius 2 is 1.18 bits per heavy atom. The third-order valence-electron chi connectivity index (χ3n) is 1.70. The van der Waals surface area contributed by atoms with Gasteiger partial charge in [0.05, 0.1) is 11.5 Å². The van der Waals surface area contributed by atoms with Crippen molar-refractivity contribution in [1.29, 1.82) is 0 Å². The lowest BCUT2D eigenvalue weighted by Gasteiger charge is -2.14. The molecule has 0 aliphatic heterocycles. The molecular formula is C6H9F5O4S2. The number of hydrogen-bond donors (Lipinski definition) is 0. The monoisotopic (exact) mass is 304 g/mol. The summed E-state index contributed by atoms with van der Waals surface area (Å²) >= 11 is 0. The van der Waals surface area contributed by atoms with E-state index in [4.69, 9.17) is 0 Å². The van der Waals surface area contributed by atoms with Crippen LogP contribution in [-0.2, 0) is 20.4 Å². The van der Waals surface area contributed by atoms with Crippen LogP contribution in [0.25, 0.3) is 0 Å². The molecule has 17 heavy (non-hydrogen) atoms. The molecule has 11 heteroatoms. The van der Waals surface area contributed by atoms with Crippen LogP contribution in [0.2, 0.25) is 0 Å². The van der Waals surface area contributed by atoms with Crippen molar-refractivity contribution in [1.82, 2.24) is 0 Å². The number of alkyl halides is 3. The van der Waals surface area contributed by atoms with E-state index in [9.17, 15) is 37.8 Å². The molecule has 0 rings (SSSR count). The smallest absolute Gasteiger partial charge is 0.241 e. The highest BCUT2D eigenvalue weighted by molar-refractivity contribution is 7.87. The highest BCUT2D eigenvalue weighted by Crippen LogP contribution is 2.20. The van der Waals surface area contributed by atoms with Crippen molar-refractivity contribution in [3.8, 4) is 0 Å². The van der Waals surface area contributed by atoms with E-state index in [0.717, 1.165) is 0 Å². The van der Waals surface area contributed by atoms with Gasteiger partial charge in [0.15, 0.2) is 6.17 Å².